The molecular formula is C10H20N4O2. The predicted molar refractivity (Wildman–Crippen MR) is 60.9 cm³/mol. The molecule has 1 saturated heterocycles. The van der Waals surface area contributed by atoms with E-state index in [1.165, 1.54) is 4.90 Å². The lowest BCUT2D eigenvalue weighted by Gasteiger charge is -2.39. The van der Waals surface area contributed by atoms with Crippen LogP contribution in [0.25, 0.3) is 0 Å². The molecule has 3 amide bonds. The van der Waals surface area contributed by atoms with E-state index in [9.17, 15) is 9.59 Å². The summed E-state index contributed by atoms with van der Waals surface area (Å²) in [6, 6.07) is -0.589. The number of urea groups is 1. The molecule has 6 heteroatoms. The Labute approximate surface area is 95.8 Å². The van der Waals surface area contributed by atoms with Gasteiger partial charge in [0, 0.05) is 33.2 Å². The minimum atomic E-state index is -0.886. The highest BCUT2D eigenvalue weighted by atomic mass is 16.2. The van der Waals surface area contributed by atoms with Gasteiger partial charge in [-0.3, -0.25) is 4.79 Å². The maximum Gasteiger partial charge on any atom is 0.315 e. The molecule has 1 aliphatic rings. The van der Waals surface area contributed by atoms with E-state index in [4.69, 9.17) is 5.73 Å². The third kappa shape index (κ3) is 2.44. The van der Waals surface area contributed by atoms with Crippen molar-refractivity contribution in [2.24, 2.45) is 5.73 Å². The van der Waals surface area contributed by atoms with E-state index in [0.717, 1.165) is 13.1 Å². The lowest BCUT2D eigenvalue weighted by atomic mass is 10.0. The normalized spacial score (nSPS) is 17.1. The average molecular weight is 228 g/mol. The van der Waals surface area contributed by atoms with Gasteiger partial charge >= 0.3 is 6.03 Å². The summed E-state index contributed by atoms with van der Waals surface area (Å²) in [6.07, 6.45) is 0. The van der Waals surface area contributed by atoms with Crippen LogP contribution in [0, 0.1) is 0 Å². The summed E-state index contributed by atoms with van der Waals surface area (Å²) < 4.78 is 0. The number of nitrogens with one attached hydrogen (secondary N) is 1. The highest BCUT2D eigenvalue weighted by Gasteiger charge is 2.37. The van der Waals surface area contributed by atoms with Crippen LogP contribution < -0.4 is 11.1 Å². The van der Waals surface area contributed by atoms with Crippen LogP contribution in [0.1, 0.15) is 13.8 Å². The minimum Gasteiger partial charge on any atom is -0.351 e. The van der Waals surface area contributed by atoms with Gasteiger partial charge in [0.2, 0.25) is 5.91 Å². The Hall–Kier alpha value is -1.30. The molecule has 0 aliphatic carbocycles. The molecule has 1 fully saturated rings. The van der Waals surface area contributed by atoms with Crippen molar-refractivity contribution < 1.29 is 9.59 Å². The van der Waals surface area contributed by atoms with E-state index in [0.29, 0.717) is 13.1 Å². The number of nitrogens with two attached hydrogens (primary N) is 1. The number of rotatable bonds is 2. The fourth-order valence-corrected chi connectivity index (χ4v) is 1.67. The fourth-order valence-electron chi connectivity index (χ4n) is 1.67. The third-order valence-corrected chi connectivity index (χ3v) is 3.10. The second-order valence-electron chi connectivity index (χ2n) is 4.50. The van der Waals surface area contributed by atoms with Crippen molar-refractivity contribution in [3.63, 3.8) is 0 Å². The summed E-state index contributed by atoms with van der Waals surface area (Å²) in [5, 5.41) is 3.17. The van der Waals surface area contributed by atoms with Crippen molar-refractivity contribution in [1.29, 1.82) is 0 Å². The Bertz CT molecular complexity index is 285. The monoisotopic (exact) mass is 228 g/mol. The first-order chi connectivity index (χ1) is 7.37. The first-order valence-corrected chi connectivity index (χ1v) is 5.40. The summed E-state index contributed by atoms with van der Waals surface area (Å²) in [5.41, 5.74) is 4.31. The number of hydrogen-bond acceptors (Lipinski definition) is 3. The van der Waals surface area contributed by atoms with E-state index < -0.39 is 11.6 Å². The van der Waals surface area contributed by atoms with Gasteiger partial charge in [-0.05, 0) is 13.8 Å². The molecule has 0 aromatic carbocycles. The molecule has 6 nitrogen and oxygen atoms in total. The van der Waals surface area contributed by atoms with Crippen molar-refractivity contribution in [2.75, 3.05) is 33.2 Å². The topological polar surface area (TPSA) is 78.7 Å². The van der Waals surface area contributed by atoms with Gasteiger partial charge in [0.25, 0.3) is 0 Å². The van der Waals surface area contributed by atoms with E-state index in [-0.39, 0.29) is 5.91 Å². The van der Waals surface area contributed by atoms with Gasteiger partial charge in [0.1, 0.15) is 5.54 Å². The quantitative estimate of drug-likeness (QED) is 0.650. The molecule has 0 atom stereocenters. The van der Waals surface area contributed by atoms with Gasteiger partial charge in [-0.15, -0.1) is 0 Å². The van der Waals surface area contributed by atoms with Gasteiger partial charge in [0.05, 0.1) is 0 Å². The summed E-state index contributed by atoms with van der Waals surface area (Å²) in [6.45, 7) is 6.36. The second-order valence-corrected chi connectivity index (χ2v) is 4.50. The number of carbonyl (C=O) groups excluding carboxylic acids is 2. The Kier molecular flexibility index (Phi) is 3.74. The first-order valence-electron chi connectivity index (χ1n) is 5.40. The second kappa shape index (κ2) is 4.69. The molecule has 16 heavy (non-hydrogen) atoms. The highest BCUT2D eigenvalue weighted by Crippen LogP contribution is 2.16. The number of primary amides is 1. The summed E-state index contributed by atoms with van der Waals surface area (Å²) in [5.74, 6) is -0.0599. The maximum absolute atomic E-state index is 12.2. The molecule has 0 radical (unpaired) electrons. The lowest BCUT2D eigenvalue weighted by Crippen LogP contribution is -2.60. The Balaban J connectivity index is 2.73. The molecule has 0 aromatic rings. The first kappa shape index (κ1) is 12.8. The largest absolute Gasteiger partial charge is 0.351 e. The van der Waals surface area contributed by atoms with Crippen LogP contribution in [0.5, 0.6) is 0 Å². The van der Waals surface area contributed by atoms with Crippen molar-refractivity contribution in [2.45, 2.75) is 19.4 Å². The summed E-state index contributed by atoms with van der Waals surface area (Å²) in [7, 11) is 1.54. The zero-order valence-electron chi connectivity index (χ0n) is 10.1. The number of amides is 3. The van der Waals surface area contributed by atoms with Crippen LogP contribution in [0.15, 0.2) is 0 Å². The van der Waals surface area contributed by atoms with E-state index in [1.54, 1.807) is 25.8 Å². The van der Waals surface area contributed by atoms with Crippen LogP contribution in [-0.2, 0) is 4.79 Å². The van der Waals surface area contributed by atoms with Crippen LogP contribution >= 0.6 is 0 Å². The van der Waals surface area contributed by atoms with Gasteiger partial charge in [0.15, 0.2) is 0 Å². The molecule has 0 unspecified atom stereocenters. The van der Waals surface area contributed by atoms with E-state index >= 15 is 0 Å². The minimum absolute atomic E-state index is 0.0599. The number of piperazine rings is 1. The van der Waals surface area contributed by atoms with Crippen molar-refractivity contribution in [3.05, 3.63) is 0 Å². The Morgan fingerprint density at radius 1 is 1.31 bits per heavy atom. The van der Waals surface area contributed by atoms with Crippen LogP contribution in [0.2, 0.25) is 0 Å². The Morgan fingerprint density at radius 3 is 2.25 bits per heavy atom. The van der Waals surface area contributed by atoms with Crippen LogP contribution in [-0.4, -0.2) is 60.5 Å². The van der Waals surface area contributed by atoms with Gasteiger partial charge in [-0.2, -0.15) is 0 Å². The molecule has 1 heterocycles. The van der Waals surface area contributed by atoms with Crippen molar-refractivity contribution in [3.8, 4) is 0 Å². The zero-order chi connectivity index (χ0) is 12.3. The van der Waals surface area contributed by atoms with E-state index in [2.05, 4.69) is 5.32 Å². The smallest absolute Gasteiger partial charge is 0.315 e. The average Bonchev–Trinajstić information content (AvgIpc) is 2.28. The maximum atomic E-state index is 12.2. The van der Waals surface area contributed by atoms with Gasteiger partial charge in [-0.25, -0.2) is 4.79 Å². The SMILES string of the molecule is CN(C(N)=O)C(C)(C)C(=O)N1CCNCC1. The van der Waals surface area contributed by atoms with Gasteiger partial charge < -0.3 is 20.9 Å². The molecular weight excluding hydrogens is 208 g/mol. The molecule has 1 aliphatic heterocycles. The molecule has 0 bridgehead atoms. The fraction of sp³-hybridized carbons (Fsp3) is 0.800. The van der Waals surface area contributed by atoms with Crippen LogP contribution in [0.4, 0.5) is 4.79 Å². The van der Waals surface area contributed by atoms with Crippen LogP contribution in [0.3, 0.4) is 0 Å². The number of carbonyl (C=O) groups is 2. The zero-order valence-corrected chi connectivity index (χ0v) is 10.1. The standard InChI is InChI=1S/C10H20N4O2/c1-10(2,13(3)9(11)16)8(15)14-6-4-12-5-7-14/h12H,4-7H2,1-3H3,(H2,11,16). The molecule has 1 rings (SSSR count). The molecule has 3 N–H and O–H groups in total. The van der Waals surface area contributed by atoms with Gasteiger partial charge in [-0.1, -0.05) is 0 Å². The summed E-state index contributed by atoms with van der Waals surface area (Å²) in [4.78, 5) is 26.3. The number of likely N-dealkylation sites (N-methyl/N-ethyl adjacent to an activating group) is 1. The predicted octanol–water partition coefficient (Wildman–Crippen LogP) is -0.793. The van der Waals surface area contributed by atoms with E-state index in [1.807, 2.05) is 0 Å². The highest BCUT2D eigenvalue weighted by molar-refractivity contribution is 5.89. The number of nitrogens with zero attached hydrogens (tertiary/aromatic N) is 2. The lowest BCUT2D eigenvalue weighted by molar-refractivity contribution is -0.141. The van der Waals surface area contributed by atoms with Crippen molar-refractivity contribution >= 4 is 11.9 Å². The summed E-state index contributed by atoms with van der Waals surface area (Å²) >= 11 is 0. The number of hydrogen-bond donors (Lipinski definition) is 2. The molecule has 0 spiro atoms. The molecule has 0 saturated carbocycles. The molecule has 0 aromatic heterocycles. The van der Waals surface area contributed by atoms with Crippen molar-refractivity contribution in [1.82, 2.24) is 15.1 Å². The molecule has 92 valence electrons. The third-order valence-electron chi connectivity index (χ3n) is 3.10. The Morgan fingerprint density at radius 2 is 1.81 bits per heavy atom.